The summed E-state index contributed by atoms with van der Waals surface area (Å²) in [7, 11) is 0. The Morgan fingerprint density at radius 3 is 2.25 bits per heavy atom. The molecule has 0 saturated heterocycles. The Kier molecular flexibility index (Phi) is 10.2. The normalized spacial score (nSPS) is 13.6. The molecule has 32 heavy (non-hydrogen) atoms. The van der Waals surface area contributed by atoms with Crippen molar-refractivity contribution in [2.24, 2.45) is 11.7 Å². The highest BCUT2D eigenvalue weighted by atomic mass is 16.5. The van der Waals surface area contributed by atoms with E-state index < -0.39 is 0 Å². The van der Waals surface area contributed by atoms with E-state index in [0.717, 1.165) is 24.2 Å². The van der Waals surface area contributed by atoms with Crippen LogP contribution in [0.25, 0.3) is 0 Å². The maximum atomic E-state index is 12.9. The van der Waals surface area contributed by atoms with Crippen LogP contribution in [0.3, 0.4) is 0 Å². The van der Waals surface area contributed by atoms with Crippen molar-refractivity contribution < 1.29 is 9.53 Å². The lowest BCUT2D eigenvalue weighted by atomic mass is 10.0. The quantitative estimate of drug-likeness (QED) is 0.457. The van der Waals surface area contributed by atoms with Crippen molar-refractivity contribution in [2.45, 2.75) is 78.1 Å². The Morgan fingerprint density at radius 2 is 1.66 bits per heavy atom. The van der Waals surface area contributed by atoms with Gasteiger partial charge in [0.25, 0.3) is 0 Å². The molecule has 4 N–H and O–H groups in total. The maximum Gasteiger partial charge on any atom is 0.237 e. The lowest BCUT2D eigenvalue weighted by Crippen LogP contribution is -2.52. The van der Waals surface area contributed by atoms with Crippen molar-refractivity contribution in [1.29, 1.82) is 0 Å². The smallest absolute Gasteiger partial charge is 0.237 e. The number of benzene rings is 2. The van der Waals surface area contributed by atoms with Crippen LogP contribution in [0.5, 0.6) is 5.75 Å². The molecule has 0 heterocycles. The first-order valence-electron chi connectivity index (χ1n) is 11.7. The Labute approximate surface area is 194 Å². The third-order valence-electron chi connectivity index (χ3n) is 5.11. The molecule has 2 aromatic carbocycles. The van der Waals surface area contributed by atoms with Gasteiger partial charge in [-0.2, -0.15) is 0 Å². The van der Waals surface area contributed by atoms with Crippen LogP contribution in [0.2, 0.25) is 0 Å². The zero-order valence-electron chi connectivity index (χ0n) is 20.4. The fourth-order valence-corrected chi connectivity index (χ4v) is 3.57. The average Bonchev–Trinajstić information content (AvgIpc) is 2.72. The molecular formula is C27H41N3O2. The largest absolute Gasteiger partial charge is 0.489 e. The predicted molar refractivity (Wildman–Crippen MR) is 133 cm³/mol. The van der Waals surface area contributed by atoms with E-state index in [4.69, 9.17) is 10.5 Å². The topological polar surface area (TPSA) is 76.4 Å². The average molecular weight is 440 g/mol. The van der Waals surface area contributed by atoms with Gasteiger partial charge in [0.05, 0.1) is 6.04 Å². The minimum absolute atomic E-state index is 0.0251. The molecule has 0 aromatic heterocycles. The summed E-state index contributed by atoms with van der Waals surface area (Å²) in [4.78, 5) is 12.9. The summed E-state index contributed by atoms with van der Waals surface area (Å²) in [6.45, 7) is 11.5. The molecule has 0 aliphatic heterocycles. The van der Waals surface area contributed by atoms with Gasteiger partial charge in [-0.05, 0) is 69.2 Å². The fraction of sp³-hybridized carbons (Fsp3) is 0.519. The van der Waals surface area contributed by atoms with E-state index in [9.17, 15) is 4.79 Å². The molecule has 0 fully saturated rings. The zero-order valence-corrected chi connectivity index (χ0v) is 20.4. The van der Waals surface area contributed by atoms with Gasteiger partial charge in [-0.15, -0.1) is 0 Å². The Balaban J connectivity index is 1.91. The minimum Gasteiger partial charge on any atom is -0.489 e. The highest BCUT2D eigenvalue weighted by molar-refractivity contribution is 5.82. The van der Waals surface area contributed by atoms with Gasteiger partial charge >= 0.3 is 0 Å². The SMILES string of the molecule is CC(C)C[C@H](N)CN[C@@H](CCc1ccc(OCc2ccccc2)cc1)C(=O)NC(C)(C)C. The van der Waals surface area contributed by atoms with Gasteiger partial charge in [-0.25, -0.2) is 0 Å². The molecule has 2 aromatic rings. The van der Waals surface area contributed by atoms with Crippen LogP contribution in [0.1, 0.15) is 58.6 Å². The Bertz CT molecular complexity index is 798. The molecule has 2 atom stereocenters. The van der Waals surface area contributed by atoms with Crippen molar-refractivity contribution >= 4 is 5.91 Å². The van der Waals surface area contributed by atoms with Crippen LogP contribution < -0.4 is 21.1 Å². The molecule has 5 heteroatoms. The number of hydrogen-bond donors (Lipinski definition) is 3. The first-order chi connectivity index (χ1) is 15.1. The third kappa shape index (κ3) is 10.3. The molecule has 0 unspecified atom stereocenters. The molecule has 0 aliphatic rings. The van der Waals surface area contributed by atoms with E-state index in [1.807, 2.05) is 51.1 Å². The highest BCUT2D eigenvalue weighted by Crippen LogP contribution is 2.16. The highest BCUT2D eigenvalue weighted by Gasteiger charge is 2.23. The number of ether oxygens (including phenoxy) is 1. The lowest BCUT2D eigenvalue weighted by Gasteiger charge is -2.27. The summed E-state index contributed by atoms with van der Waals surface area (Å²) < 4.78 is 5.87. The number of nitrogens with one attached hydrogen (secondary N) is 2. The van der Waals surface area contributed by atoms with Crippen molar-refractivity contribution in [2.75, 3.05) is 6.54 Å². The number of amides is 1. The number of aryl methyl sites for hydroxylation is 1. The predicted octanol–water partition coefficient (Wildman–Crippen LogP) is 4.44. The fourth-order valence-electron chi connectivity index (χ4n) is 3.57. The summed E-state index contributed by atoms with van der Waals surface area (Å²) in [6, 6.07) is 18.0. The van der Waals surface area contributed by atoms with Gasteiger partial charge in [0.2, 0.25) is 5.91 Å². The van der Waals surface area contributed by atoms with Gasteiger partial charge in [0.15, 0.2) is 0 Å². The van der Waals surface area contributed by atoms with Crippen molar-refractivity contribution in [1.82, 2.24) is 10.6 Å². The summed E-state index contributed by atoms with van der Waals surface area (Å²) in [5.41, 5.74) is 8.29. The van der Waals surface area contributed by atoms with E-state index in [1.165, 1.54) is 5.56 Å². The van der Waals surface area contributed by atoms with Crippen LogP contribution >= 0.6 is 0 Å². The van der Waals surface area contributed by atoms with Gasteiger partial charge in [-0.3, -0.25) is 4.79 Å². The molecule has 176 valence electrons. The van der Waals surface area contributed by atoms with Crippen molar-refractivity contribution in [3.8, 4) is 5.75 Å². The number of carbonyl (C=O) groups is 1. The third-order valence-corrected chi connectivity index (χ3v) is 5.11. The minimum atomic E-state index is -0.276. The zero-order chi connectivity index (χ0) is 23.6. The van der Waals surface area contributed by atoms with Crippen LogP contribution in [-0.2, 0) is 17.8 Å². The second-order valence-corrected chi connectivity index (χ2v) is 10.0. The summed E-state index contributed by atoms with van der Waals surface area (Å²) in [6.07, 6.45) is 2.44. The van der Waals surface area contributed by atoms with Gasteiger partial charge in [-0.1, -0.05) is 56.3 Å². The Hall–Kier alpha value is -2.37. The van der Waals surface area contributed by atoms with Gasteiger partial charge < -0.3 is 21.1 Å². The lowest BCUT2D eigenvalue weighted by molar-refractivity contribution is -0.124. The molecule has 5 nitrogen and oxygen atoms in total. The van der Waals surface area contributed by atoms with Crippen LogP contribution in [0.4, 0.5) is 0 Å². The van der Waals surface area contributed by atoms with E-state index in [-0.39, 0.29) is 23.5 Å². The van der Waals surface area contributed by atoms with E-state index in [0.29, 0.717) is 25.5 Å². The van der Waals surface area contributed by atoms with Crippen LogP contribution in [0, 0.1) is 5.92 Å². The first-order valence-corrected chi connectivity index (χ1v) is 11.7. The standard InChI is InChI=1S/C27H41N3O2/c1-20(2)17-23(28)18-29-25(26(31)30-27(3,4)5)16-13-21-11-14-24(15-12-21)32-19-22-9-7-6-8-10-22/h6-12,14-15,20,23,25,29H,13,16-19,28H2,1-5H3,(H,30,31)/t23-,25-/m0/s1. The van der Waals surface area contributed by atoms with Crippen LogP contribution in [0.15, 0.2) is 54.6 Å². The number of hydrogen-bond acceptors (Lipinski definition) is 4. The first kappa shape index (κ1) is 25.9. The van der Waals surface area contributed by atoms with Crippen molar-refractivity contribution in [3.63, 3.8) is 0 Å². The molecule has 0 aliphatic carbocycles. The van der Waals surface area contributed by atoms with Gasteiger partial charge in [0, 0.05) is 18.1 Å². The molecule has 2 rings (SSSR count). The summed E-state index contributed by atoms with van der Waals surface area (Å²) >= 11 is 0. The Morgan fingerprint density at radius 1 is 1.00 bits per heavy atom. The molecule has 0 bridgehead atoms. The molecule has 0 saturated carbocycles. The molecule has 0 spiro atoms. The second kappa shape index (κ2) is 12.6. The monoisotopic (exact) mass is 439 g/mol. The number of rotatable bonds is 12. The van der Waals surface area contributed by atoms with E-state index >= 15 is 0 Å². The summed E-state index contributed by atoms with van der Waals surface area (Å²) in [5.74, 6) is 1.41. The van der Waals surface area contributed by atoms with Crippen LogP contribution in [-0.4, -0.2) is 30.1 Å². The van der Waals surface area contributed by atoms with Gasteiger partial charge in [0.1, 0.15) is 12.4 Å². The number of carbonyl (C=O) groups excluding carboxylic acids is 1. The maximum absolute atomic E-state index is 12.9. The molecule has 1 amide bonds. The number of nitrogens with two attached hydrogens (primary N) is 1. The summed E-state index contributed by atoms with van der Waals surface area (Å²) in [5, 5.41) is 6.50. The molecular weight excluding hydrogens is 398 g/mol. The van der Waals surface area contributed by atoms with Crippen molar-refractivity contribution in [3.05, 3.63) is 65.7 Å². The molecule has 0 radical (unpaired) electrons. The van der Waals surface area contributed by atoms with E-state index in [1.54, 1.807) is 0 Å². The second-order valence-electron chi connectivity index (χ2n) is 10.0. The van der Waals surface area contributed by atoms with E-state index in [2.05, 4.69) is 48.7 Å².